The molecule has 0 bridgehead atoms. The lowest BCUT2D eigenvalue weighted by Gasteiger charge is -2.13. The molecule has 0 N–H and O–H groups in total. The number of hydrogen-bond donors (Lipinski definition) is 0. The van der Waals surface area contributed by atoms with Crippen LogP contribution in [0, 0.1) is 0 Å². The number of para-hydroxylation sites is 1. The van der Waals surface area contributed by atoms with Gasteiger partial charge in [-0.05, 0) is 24.0 Å². The quantitative estimate of drug-likeness (QED) is 0.744. The molecular formula is C13H16N2. The Morgan fingerprint density at radius 2 is 1.80 bits per heavy atom. The molecule has 1 aromatic heterocycles. The lowest BCUT2D eigenvalue weighted by atomic mass is 10.0. The summed E-state index contributed by atoms with van der Waals surface area (Å²) in [6, 6.07) is 6.51. The molecule has 0 saturated carbocycles. The van der Waals surface area contributed by atoms with Crippen LogP contribution < -0.4 is 0 Å². The molecule has 2 rings (SSSR count). The second kappa shape index (κ2) is 4.30. The SMILES string of the molecule is CCc1cccc(CC)c1-n1ccnc1. The number of aryl methyl sites for hydroxylation is 2. The van der Waals surface area contributed by atoms with E-state index in [4.69, 9.17) is 0 Å². The van der Waals surface area contributed by atoms with Crippen LogP contribution in [0.5, 0.6) is 0 Å². The maximum absolute atomic E-state index is 4.11. The topological polar surface area (TPSA) is 17.8 Å². The van der Waals surface area contributed by atoms with Crippen LogP contribution in [0.15, 0.2) is 36.9 Å². The summed E-state index contributed by atoms with van der Waals surface area (Å²) < 4.78 is 2.11. The summed E-state index contributed by atoms with van der Waals surface area (Å²) in [4.78, 5) is 4.11. The van der Waals surface area contributed by atoms with Crippen molar-refractivity contribution in [1.82, 2.24) is 9.55 Å². The van der Waals surface area contributed by atoms with E-state index >= 15 is 0 Å². The van der Waals surface area contributed by atoms with Crippen LogP contribution in [-0.4, -0.2) is 9.55 Å². The van der Waals surface area contributed by atoms with Crippen LogP contribution in [0.3, 0.4) is 0 Å². The Labute approximate surface area is 90.6 Å². The first kappa shape index (κ1) is 9.97. The summed E-state index contributed by atoms with van der Waals surface area (Å²) in [7, 11) is 0. The standard InChI is InChI=1S/C13H16N2/c1-3-11-6-5-7-12(4-2)13(11)15-9-8-14-10-15/h5-10H,3-4H2,1-2H3. The number of aromatic nitrogens is 2. The summed E-state index contributed by atoms with van der Waals surface area (Å²) in [5.41, 5.74) is 4.07. The number of nitrogens with zero attached hydrogens (tertiary/aromatic N) is 2. The van der Waals surface area contributed by atoms with E-state index in [0.29, 0.717) is 0 Å². The van der Waals surface area contributed by atoms with E-state index in [2.05, 4.69) is 41.6 Å². The molecule has 78 valence electrons. The average Bonchev–Trinajstić information content (AvgIpc) is 2.81. The Hall–Kier alpha value is -1.57. The first-order valence-corrected chi connectivity index (χ1v) is 5.46. The summed E-state index contributed by atoms with van der Waals surface area (Å²) in [6.07, 6.45) is 7.82. The Morgan fingerprint density at radius 1 is 1.13 bits per heavy atom. The lowest BCUT2D eigenvalue weighted by molar-refractivity contribution is 0.962. The van der Waals surface area contributed by atoms with E-state index in [1.807, 2.05) is 18.7 Å². The van der Waals surface area contributed by atoms with Crippen LogP contribution in [0.25, 0.3) is 5.69 Å². The highest BCUT2D eigenvalue weighted by molar-refractivity contribution is 5.48. The number of hydrogen-bond acceptors (Lipinski definition) is 1. The van der Waals surface area contributed by atoms with Crippen LogP contribution >= 0.6 is 0 Å². The van der Waals surface area contributed by atoms with Gasteiger partial charge in [-0.25, -0.2) is 4.98 Å². The van der Waals surface area contributed by atoms with Crippen LogP contribution in [0.2, 0.25) is 0 Å². The van der Waals surface area contributed by atoms with Crippen LogP contribution in [0.4, 0.5) is 0 Å². The van der Waals surface area contributed by atoms with Gasteiger partial charge in [0.15, 0.2) is 0 Å². The highest BCUT2D eigenvalue weighted by atomic mass is 15.0. The fourth-order valence-electron chi connectivity index (χ4n) is 1.94. The monoisotopic (exact) mass is 200 g/mol. The molecule has 0 aliphatic rings. The van der Waals surface area contributed by atoms with Crippen molar-refractivity contribution in [1.29, 1.82) is 0 Å². The minimum Gasteiger partial charge on any atom is -0.306 e. The maximum atomic E-state index is 4.11. The molecule has 15 heavy (non-hydrogen) atoms. The molecule has 0 atom stereocenters. The smallest absolute Gasteiger partial charge is 0.0991 e. The fourth-order valence-corrected chi connectivity index (χ4v) is 1.94. The predicted molar refractivity (Wildman–Crippen MR) is 62.3 cm³/mol. The normalized spacial score (nSPS) is 10.5. The lowest BCUT2D eigenvalue weighted by Crippen LogP contribution is -2.01. The van der Waals surface area contributed by atoms with Crippen molar-refractivity contribution in [2.24, 2.45) is 0 Å². The van der Waals surface area contributed by atoms with E-state index in [1.54, 1.807) is 0 Å². The zero-order chi connectivity index (χ0) is 10.7. The van der Waals surface area contributed by atoms with Crippen molar-refractivity contribution in [3.05, 3.63) is 48.0 Å². The van der Waals surface area contributed by atoms with Crippen molar-refractivity contribution in [3.8, 4) is 5.69 Å². The fraction of sp³-hybridized carbons (Fsp3) is 0.308. The van der Waals surface area contributed by atoms with E-state index in [-0.39, 0.29) is 0 Å². The largest absolute Gasteiger partial charge is 0.306 e. The summed E-state index contributed by atoms with van der Waals surface area (Å²) in [6.45, 7) is 4.38. The summed E-state index contributed by atoms with van der Waals surface area (Å²) in [5.74, 6) is 0. The molecule has 0 saturated heterocycles. The van der Waals surface area contributed by atoms with Crippen molar-refractivity contribution in [3.63, 3.8) is 0 Å². The molecule has 1 heterocycles. The van der Waals surface area contributed by atoms with Gasteiger partial charge in [0.05, 0.1) is 12.0 Å². The zero-order valence-electron chi connectivity index (χ0n) is 9.27. The van der Waals surface area contributed by atoms with Crippen LogP contribution in [-0.2, 0) is 12.8 Å². The minimum absolute atomic E-state index is 1.06. The van der Waals surface area contributed by atoms with Gasteiger partial charge in [-0.15, -0.1) is 0 Å². The number of rotatable bonds is 3. The first-order chi connectivity index (χ1) is 7.36. The van der Waals surface area contributed by atoms with Crippen molar-refractivity contribution in [2.45, 2.75) is 26.7 Å². The second-order valence-electron chi connectivity index (χ2n) is 3.60. The van der Waals surface area contributed by atoms with Gasteiger partial charge in [0.1, 0.15) is 0 Å². The molecule has 1 aromatic carbocycles. The highest BCUT2D eigenvalue weighted by Gasteiger charge is 2.06. The van der Waals surface area contributed by atoms with Gasteiger partial charge < -0.3 is 4.57 Å². The van der Waals surface area contributed by atoms with Gasteiger partial charge in [-0.3, -0.25) is 0 Å². The Balaban J connectivity index is 2.61. The molecule has 0 radical (unpaired) electrons. The summed E-state index contributed by atoms with van der Waals surface area (Å²) >= 11 is 0. The first-order valence-electron chi connectivity index (χ1n) is 5.46. The van der Waals surface area contributed by atoms with Crippen molar-refractivity contribution >= 4 is 0 Å². The molecule has 0 aliphatic heterocycles. The number of benzene rings is 1. The van der Waals surface area contributed by atoms with E-state index in [1.165, 1.54) is 16.8 Å². The molecule has 0 aliphatic carbocycles. The zero-order valence-corrected chi connectivity index (χ0v) is 9.27. The molecule has 0 fully saturated rings. The van der Waals surface area contributed by atoms with Gasteiger partial charge in [0.2, 0.25) is 0 Å². The Kier molecular flexibility index (Phi) is 2.86. The Morgan fingerprint density at radius 3 is 2.27 bits per heavy atom. The maximum Gasteiger partial charge on any atom is 0.0991 e. The van der Waals surface area contributed by atoms with E-state index < -0.39 is 0 Å². The van der Waals surface area contributed by atoms with E-state index in [0.717, 1.165) is 12.8 Å². The molecule has 2 aromatic rings. The second-order valence-corrected chi connectivity index (χ2v) is 3.60. The average molecular weight is 200 g/mol. The van der Waals surface area contributed by atoms with Gasteiger partial charge >= 0.3 is 0 Å². The molecule has 2 nitrogen and oxygen atoms in total. The van der Waals surface area contributed by atoms with Crippen molar-refractivity contribution < 1.29 is 0 Å². The Bertz CT molecular complexity index is 408. The third kappa shape index (κ3) is 1.80. The molecule has 2 heteroatoms. The van der Waals surface area contributed by atoms with Gasteiger partial charge in [0.25, 0.3) is 0 Å². The van der Waals surface area contributed by atoms with E-state index in [9.17, 15) is 0 Å². The molecule has 0 amide bonds. The molecule has 0 spiro atoms. The molecule has 0 unspecified atom stereocenters. The predicted octanol–water partition coefficient (Wildman–Crippen LogP) is 3.00. The minimum atomic E-state index is 1.06. The van der Waals surface area contributed by atoms with Crippen molar-refractivity contribution in [2.75, 3.05) is 0 Å². The van der Waals surface area contributed by atoms with Gasteiger partial charge in [-0.1, -0.05) is 32.0 Å². The molecular weight excluding hydrogens is 184 g/mol. The third-order valence-corrected chi connectivity index (χ3v) is 2.73. The summed E-state index contributed by atoms with van der Waals surface area (Å²) in [5, 5.41) is 0. The number of imidazole rings is 1. The van der Waals surface area contributed by atoms with Crippen LogP contribution in [0.1, 0.15) is 25.0 Å². The van der Waals surface area contributed by atoms with Gasteiger partial charge in [-0.2, -0.15) is 0 Å². The highest BCUT2D eigenvalue weighted by Crippen LogP contribution is 2.20. The van der Waals surface area contributed by atoms with Gasteiger partial charge in [0, 0.05) is 12.4 Å². The third-order valence-electron chi connectivity index (χ3n) is 2.73.